The molecular weight excluding hydrogens is 222 g/mol. The molecule has 1 aliphatic heterocycles. The topological polar surface area (TPSA) is 21.1 Å². The summed E-state index contributed by atoms with van der Waals surface area (Å²) in [5.74, 6) is 0.917. The standard InChI is InChI=1S/C11H19N3.2C2H6/c1-10-3-5-14(6-4-10)9-11-7-12-13(2)8-11;2*1-2/h7-8,10H,3-6,9H2,1-2H3;2*1-2H3. The van der Waals surface area contributed by atoms with Crippen LogP contribution < -0.4 is 0 Å². The van der Waals surface area contributed by atoms with Crippen molar-refractivity contribution >= 4 is 0 Å². The van der Waals surface area contributed by atoms with Crippen molar-refractivity contribution in [3.05, 3.63) is 18.0 Å². The molecule has 1 fully saturated rings. The van der Waals surface area contributed by atoms with Crippen molar-refractivity contribution < 1.29 is 0 Å². The van der Waals surface area contributed by atoms with Crippen molar-refractivity contribution in [3.63, 3.8) is 0 Å². The maximum absolute atomic E-state index is 4.19. The first kappa shape index (κ1) is 17.2. The number of hydrogen-bond acceptors (Lipinski definition) is 2. The van der Waals surface area contributed by atoms with Gasteiger partial charge in [0.1, 0.15) is 0 Å². The van der Waals surface area contributed by atoms with Crippen LogP contribution >= 0.6 is 0 Å². The summed E-state index contributed by atoms with van der Waals surface area (Å²) in [6.07, 6.45) is 6.77. The average molecular weight is 253 g/mol. The largest absolute Gasteiger partial charge is 0.299 e. The zero-order chi connectivity index (χ0) is 14.0. The summed E-state index contributed by atoms with van der Waals surface area (Å²) < 4.78 is 1.88. The van der Waals surface area contributed by atoms with Crippen molar-refractivity contribution in [1.29, 1.82) is 0 Å². The Balaban J connectivity index is 0.000000659. The van der Waals surface area contributed by atoms with Crippen LogP contribution in [-0.2, 0) is 13.6 Å². The number of hydrogen-bond donors (Lipinski definition) is 0. The summed E-state index contributed by atoms with van der Waals surface area (Å²) in [4.78, 5) is 2.52. The molecule has 3 nitrogen and oxygen atoms in total. The highest BCUT2D eigenvalue weighted by molar-refractivity contribution is 5.03. The van der Waals surface area contributed by atoms with Gasteiger partial charge in [0.05, 0.1) is 6.20 Å². The molecule has 0 unspecified atom stereocenters. The fourth-order valence-corrected chi connectivity index (χ4v) is 2.03. The second-order valence-corrected chi connectivity index (χ2v) is 4.48. The Labute approximate surface area is 113 Å². The molecule has 3 heteroatoms. The molecule has 2 heterocycles. The van der Waals surface area contributed by atoms with Crippen LogP contribution in [0.2, 0.25) is 0 Å². The van der Waals surface area contributed by atoms with Crippen LogP contribution in [0.1, 0.15) is 53.0 Å². The van der Waals surface area contributed by atoms with Crippen LogP contribution in [0.5, 0.6) is 0 Å². The van der Waals surface area contributed by atoms with Crippen molar-refractivity contribution in [2.75, 3.05) is 13.1 Å². The zero-order valence-electron chi connectivity index (χ0n) is 13.1. The van der Waals surface area contributed by atoms with E-state index in [4.69, 9.17) is 0 Å². The molecule has 1 aromatic rings. The van der Waals surface area contributed by atoms with Gasteiger partial charge in [0, 0.05) is 25.4 Å². The third-order valence-electron chi connectivity index (χ3n) is 3.04. The Bertz CT molecular complexity index is 286. The second kappa shape index (κ2) is 10.1. The monoisotopic (exact) mass is 253 g/mol. The Morgan fingerprint density at radius 1 is 1.17 bits per heavy atom. The molecule has 0 amide bonds. The first-order valence-electron chi connectivity index (χ1n) is 7.44. The second-order valence-electron chi connectivity index (χ2n) is 4.48. The first-order valence-corrected chi connectivity index (χ1v) is 7.44. The fraction of sp³-hybridized carbons (Fsp3) is 0.800. The maximum Gasteiger partial charge on any atom is 0.0534 e. The highest BCUT2D eigenvalue weighted by Crippen LogP contribution is 2.17. The van der Waals surface area contributed by atoms with Crippen molar-refractivity contribution in [1.82, 2.24) is 14.7 Å². The molecule has 2 rings (SSSR count). The number of nitrogens with zero attached hydrogens (tertiary/aromatic N) is 3. The average Bonchev–Trinajstić information content (AvgIpc) is 2.83. The molecule has 0 aliphatic carbocycles. The minimum absolute atomic E-state index is 0.917. The Hall–Kier alpha value is -0.830. The molecule has 0 aromatic carbocycles. The summed E-state index contributed by atoms with van der Waals surface area (Å²) >= 11 is 0. The van der Waals surface area contributed by atoms with E-state index in [1.54, 1.807) is 0 Å². The Morgan fingerprint density at radius 2 is 1.72 bits per heavy atom. The minimum Gasteiger partial charge on any atom is -0.299 e. The van der Waals surface area contributed by atoms with Gasteiger partial charge in [-0.15, -0.1) is 0 Å². The highest BCUT2D eigenvalue weighted by atomic mass is 15.2. The lowest BCUT2D eigenvalue weighted by molar-refractivity contribution is 0.185. The normalized spacial score (nSPS) is 16.3. The molecule has 1 aliphatic rings. The SMILES string of the molecule is CC.CC.CC1CCN(Cc2cnn(C)c2)CC1. The molecule has 106 valence electrons. The summed E-state index contributed by atoms with van der Waals surface area (Å²) in [6.45, 7) is 13.9. The van der Waals surface area contributed by atoms with Gasteiger partial charge >= 0.3 is 0 Å². The zero-order valence-corrected chi connectivity index (χ0v) is 13.1. The predicted octanol–water partition coefficient (Wildman–Crippen LogP) is 3.70. The summed E-state index contributed by atoms with van der Waals surface area (Å²) in [5.41, 5.74) is 1.34. The summed E-state index contributed by atoms with van der Waals surface area (Å²) in [6, 6.07) is 0. The highest BCUT2D eigenvalue weighted by Gasteiger charge is 2.15. The molecular formula is C15H31N3. The van der Waals surface area contributed by atoms with Crippen molar-refractivity contribution in [3.8, 4) is 0 Å². The molecule has 0 saturated carbocycles. The lowest BCUT2D eigenvalue weighted by Crippen LogP contribution is -2.32. The number of aromatic nitrogens is 2. The molecule has 0 atom stereocenters. The van der Waals surface area contributed by atoms with Gasteiger partial charge in [-0.2, -0.15) is 5.10 Å². The third kappa shape index (κ3) is 6.20. The van der Waals surface area contributed by atoms with E-state index in [1.807, 2.05) is 45.6 Å². The van der Waals surface area contributed by atoms with E-state index in [0.29, 0.717) is 0 Å². The van der Waals surface area contributed by atoms with E-state index in [1.165, 1.54) is 31.5 Å². The van der Waals surface area contributed by atoms with Crippen LogP contribution in [0, 0.1) is 5.92 Å². The number of aryl methyl sites for hydroxylation is 1. The van der Waals surface area contributed by atoms with Crippen LogP contribution in [-0.4, -0.2) is 27.8 Å². The maximum atomic E-state index is 4.19. The van der Waals surface area contributed by atoms with Gasteiger partial charge < -0.3 is 0 Å². The molecule has 18 heavy (non-hydrogen) atoms. The molecule has 0 N–H and O–H groups in total. The fourth-order valence-electron chi connectivity index (χ4n) is 2.03. The summed E-state index contributed by atoms with van der Waals surface area (Å²) in [7, 11) is 1.97. The molecule has 1 aromatic heterocycles. The third-order valence-corrected chi connectivity index (χ3v) is 3.04. The quantitative estimate of drug-likeness (QED) is 0.801. The van der Waals surface area contributed by atoms with E-state index < -0.39 is 0 Å². The molecule has 1 saturated heterocycles. The number of rotatable bonds is 2. The van der Waals surface area contributed by atoms with E-state index in [-0.39, 0.29) is 0 Å². The van der Waals surface area contributed by atoms with Gasteiger partial charge in [-0.1, -0.05) is 34.6 Å². The predicted molar refractivity (Wildman–Crippen MR) is 79.6 cm³/mol. The van der Waals surface area contributed by atoms with Crippen LogP contribution in [0.25, 0.3) is 0 Å². The van der Waals surface area contributed by atoms with Crippen LogP contribution in [0.4, 0.5) is 0 Å². The lowest BCUT2D eigenvalue weighted by atomic mass is 9.99. The molecule has 0 spiro atoms. The summed E-state index contributed by atoms with van der Waals surface area (Å²) in [5, 5.41) is 4.19. The van der Waals surface area contributed by atoms with Crippen LogP contribution in [0.3, 0.4) is 0 Å². The number of piperidine rings is 1. The Kier molecular flexibility index (Phi) is 9.66. The van der Waals surface area contributed by atoms with E-state index >= 15 is 0 Å². The van der Waals surface area contributed by atoms with Gasteiger partial charge in [-0.25, -0.2) is 0 Å². The van der Waals surface area contributed by atoms with Crippen molar-refractivity contribution in [2.24, 2.45) is 13.0 Å². The van der Waals surface area contributed by atoms with E-state index in [2.05, 4.69) is 23.1 Å². The van der Waals surface area contributed by atoms with Gasteiger partial charge in [0.25, 0.3) is 0 Å². The van der Waals surface area contributed by atoms with E-state index in [0.717, 1.165) is 12.5 Å². The lowest BCUT2D eigenvalue weighted by Gasteiger charge is -2.29. The van der Waals surface area contributed by atoms with Crippen LogP contribution in [0.15, 0.2) is 12.4 Å². The van der Waals surface area contributed by atoms with Gasteiger partial charge in [-0.05, 0) is 31.8 Å². The van der Waals surface area contributed by atoms with E-state index in [9.17, 15) is 0 Å². The van der Waals surface area contributed by atoms with Gasteiger partial charge in [0.2, 0.25) is 0 Å². The molecule has 0 radical (unpaired) electrons. The smallest absolute Gasteiger partial charge is 0.0534 e. The molecule has 0 bridgehead atoms. The number of likely N-dealkylation sites (tertiary alicyclic amines) is 1. The Morgan fingerprint density at radius 3 is 2.17 bits per heavy atom. The van der Waals surface area contributed by atoms with Gasteiger partial charge in [0.15, 0.2) is 0 Å². The van der Waals surface area contributed by atoms with Gasteiger partial charge in [-0.3, -0.25) is 9.58 Å². The van der Waals surface area contributed by atoms with Crippen molar-refractivity contribution in [2.45, 2.75) is 54.0 Å². The first-order chi connectivity index (χ1) is 8.74. The minimum atomic E-state index is 0.917.